The first-order valence-electron chi connectivity index (χ1n) is 4.86. The second kappa shape index (κ2) is 2.93. The average molecular weight is 160 g/mol. The van der Waals surface area contributed by atoms with Gasteiger partial charge in [-0.3, -0.25) is 0 Å². The van der Waals surface area contributed by atoms with E-state index in [4.69, 9.17) is 0 Å². The van der Waals surface area contributed by atoms with Crippen molar-refractivity contribution in [1.82, 2.24) is 0 Å². The van der Waals surface area contributed by atoms with Gasteiger partial charge in [0.2, 0.25) is 0 Å². The van der Waals surface area contributed by atoms with E-state index in [9.17, 15) is 0 Å². The molecule has 0 N–H and O–H groups in total. The molecule has 0 heterocycles. The molecular formula is C12H16. The largest absolute Gasteiger partial charge is 0.0844 e. The summed E-state index contributed by atoms with van der Waals surface area (Å²) < 4.78 is 0. The molecule has 64 valence electrons. The maximum Gasteiger partial charge on any atom is -0.00148 e. The van der Waals surface area contributed by atoms with E-state index in [-0.39, 0.29) is 0 Å². The number of hydrogen-bond acceptors (Lipinski definition) is 0. The number of allylic oxidation sites excluding steroid dienone is 6. The fourth-order valence-electron chi connectivity index (χ4n) is 1.85. The van der Waals surface area contributed by atoms with E-state index < -0.39 is 0 Å². The lowest BCUT2D eigenvalue weighted by Crippen LogP contribution is -2.13. The van der Waals surface area contributed by atoms with Gasteiger partial charge in [0.25, 0.3) is 0 Å². The zero-order chi connectivity index (χ0) is 8.55. The minimum absolute atomic E-state index is 0.738. The quantitative estimate of drug-likeness (QED) is 0.541. The third-order valence-corrected chi connectivity index (χ3v) is 3.10. The van der Waals surface area contributed by atoms with Gasteiger partial charge >= 0.3 is 0 Å². The van der Waals surface area contributed by atoms with Crippen LogP contribution in [0.15, 0.2) is 34.9 Å². The van der Waals surface area contributed by atoms with E-state index in [1.54, 1.807) is 11.1 Å². The minimum Gasteiger partial charge on any atom is -0.0844 e. The van der Waals surface area contributed by atoms with E-state index in [1.807, 2.05) is 0 Å². The van der Waals surface area contributed by atoms with Gasteiger partial charge < -0.3 is 0 Å². The highest BCUT2D eigenvalue weighted by molar-refractivity contribution is 5.42. The highest BCUT2D eigenvalue weighted by Crippen LogP contribution is 2.38. The van der Waals surface area contributed by atoms with Crippen LogP contribution in [-0.2, 0) is 0 Å². The van der Waals surface area contributed by atoms with Crippen LogP contribution in [0, 0.1) is 5.92 Å². The Labute approximate surface area is 74.7 Å². The Morgan fingerprint density at radius 2 is 2.08 bits per heavy atom. The first kappa shape index (κ1) is 7.85. The lowest BCUT2D eigenvalue weighted by molar-refractivity contribution is 0.658. The van der Waals surface area contributed by atoms with Crippen molar-refractivity contribution in [2.45, 2.75) is 33.1 Å². The third kappa shape index (κ3) is 1.16. The first-order valence-corrected chi connectivity index (χ1v) is 4.86. The van der Waals surface area contributed by atoms with Crippen molar-refractivity contribution < 1.29 is 0 Å². The molecular weight excluding hydrogens is 144 g/mol. The normalized spacial score (nSPS) is 27.0. The average Bonchev–Trinajstić information content (AvgIpc) is 1.80. The van der Waals surface area contributed by atoms with Crippen molar-refractivity contribution in [2.75, 3.05) is 0 Å². The molecule has 1 unspecified atom stereocenters. The molecule has 12 heavy (non-hydrogen) atoms. The molecule has 1 atom stereocenters. The molecule has 0 aromatic carbocycles. The van der Waals surface area contributed by atoms with Gasteiger partial charge in [-0.25, -0.2) is 0 Å². The molecule has 0 saturated heterocycles. The Kier molecular flexibility index (Phi) is 1.92. The predicted octanol–water partition coefficient (Wildman–Crippen LogP) is 3.62. The van der Waals surface area contributed by atoms with E-state index in [0.29, 0.717) is 0 Å². The Morgan fingerprint density at radius 1 is 1.42 bits per heavy atom. The monoisotopic (exact) mass is 160 g/mol. The molecule has 2 aliphatic rings. The van der Waals surface area contributed by atoms with Gasteiger partial charge in [-0.2, -0.15) is 0 Å². The topological polar surface area (TPSA) is 0 Å². The summed E-state index contributed by atoms with van der Waals surface area (Å²) in [5.41, 5.74) is 4.81. The molecule has 0 radical (unpaired) electrons. The van der Waals surface area contributed by atoms with Crippen LogP contribution in [0.1, 0.15) is 33.1 Å². The first-order chi connectivity index (χ1) is 5.81. The van der Waals surface area contributed by atoms with Gasteiger partial charge in [0.1, 0.15) is 0 Å². The van der Waals surface area contributed by atoms with Crippen LogP contribution in [0.4, 0.5) is 0 Å². The maximum absolute atomic E-state index is 2.39. The molecule has 2 aliphatic carbocycles. The lowest BCUT2D eigenvalue weighted by atomic mass is 9.76. The third-order valence-electron chi connectivity index (χ3n) is 3.10. The summed E-state index contributed by atoms with van der Waals surface area (Å²) in [6.45, 7) is 4.46. The van der Waals surface area contributed by atoms with Crippen molar-refractivity contribution in [1.29, 1.82) is 0 Å². The fraction of sp³-hybridized carbons (Fsp3) is 0.500. The van der Waals surface area contributed by atoms with Crippen LogP contribution in [-0.4, -0.2) is 0 Å². The lowest BCUT2D eigenvalue weighted by Gasteiger charge is -2.29. The summed E-state index contributed by atoms with van der Waals surface area (Å²) in [4.78, 5) is 0. The van der Waals surface area contributed by atoms with Crippen LogP contribution in [0.3, 0.4) is 0 Å². The van der Waals surface area contributed by atoms with Crippen LogP contribution in [0.2, 0.25) is 0 Å². The molecule has 0 aromatic rings. The van der Waals surface area contributed by atoms with E-state index in [2.05, 4.69) is 32.1 Å². The standard InChI is InChI=1S/C12H16/c1-3-10-7-12(8-10)9(2)11-5-4-6-11/h3,5,7,9H,4,6,8H2,1-2H3/b10-3-. The second-order valence-corrected chi connectivity index (χ2v) is 3.80. The molecule has 0 amide bonds. The molecule has 2 rings (SSSR count). The van der Waals surface area contributed by atoms with Gasteiger partial charge in [0.05, 0.1) is 0 Å². The molecule has 0 fully saturated rings. The smallest absolute Gasteiger partial charge is 0.00148 e. The summed E-state index contributed by atoms with van der Waals surface area (Å²) >= 11 is 0. The zero-order valence-electron chi connectivity index (χ0n) is 7.93. The molecule has 0 saturated carbocycles. The summed E-state index contributed by atoms with van der Waals surface area (Å²) in [5, 5.41) is 0. The SMILES string of the molecule is C/C=C1/C=C(C(C)C2=CCC2)C1. The maximum atomic E-state index is 2.39. The number of rotatable bonds is 2. The fourth-order valence-corrected chi connectivity index (χ4v) is 1.85. The Morgan fingerprint density at radius 3 is 2.50 bits per heavy atom. The predicted molar refractivity (Wildman–Crippen MR) is 52.9 cm³/mol. The van der Waals surface area contributed by atoms with E-state index in [1.165, 1.54) is 24.8 Å². The Hall–Kier alpha value is -0.780. The Balaban J connectivity index is 2.03. The van der Waals surface area contributed by atoms with Crippen LogP contribution in [0.5, 0.6) is 0 Å². The molecule has 0 spiro atoms. The molecule has 0 bridgehead atoms. The van der Waals surface area contributed by atoms with Gasteiger partial charge in [-0.1, -0.05) is 36.3 Å². The van der Waals surface area contributed by atoms with Crippen molar-refractivity contribution in [3.05, 3.63) is 34.9 Å². The van der Waals surface area contributed by atoms with Crippen LogP contribution >= 0.6 is 0 Å². The van der Waals surface area contributed by atoms with Gasteiger partial charge in [0.15, 0.2) is 0 Å². The highest BCUT2D eigenvalue weighted by atomic mass is 14.3. The van der Waals surface area contributed by atoms with Gasteiger partial charge in [-0.05, 0) is 37.7 Å². The van der Waals surface area contributed by atoms with Crippen molar-refractivity contribution in [3.8, 4) is 0 Å². The van der Waals surface area contributed by atoms with E-state index in [0.717, 1.165) is 5.92 Å². The van der Waals surface area contributed by atoms with Crippen molar-refractivity contribution in [2.24, 2.45) is 5.92 Å². The molecule has 0 nitrogen and oxygen atoms in total. The van der Waals surface area contributed by atoms with E-state index >= 15 is 0 Å². The van der Waals surface area contributed by atoms with Crippen LogP contribution < -0.4 is 0 Å². The molecule has 0 aliphatic heterocycles. The summed E-state index contributed by atoms with van der Waals surface area (Å²) in [6.07, 6.45) is 10.8. The number of hydrogen-bond donors (Lipinski definition) is 0. The van der Waals surface area contributed by atoms with Gasteiger partial charge in [-0.15, -0.1) is 0 Å². The summed E-state index contributed by atoms with van der Waals surface area (Å²) in [7, 11) is 0. The van der Waals surface area contributed by atoms with Crippen molar-refractivity contribution >= 4 is 0 Å². The zero-order valence-corrected chi connectivity index (χ0v) is 7.93. The highest BCUT2D eigenvalue weighted by Gasteiger charge is 2.22. The summed E-state index contributed by atoms with van der Waals surface area (Å²) in [6, 6.07) is 0. The molecule has 0 aromatic heterocycles. The minimum atomic E-state index is 0.738. The van der Waals surface area contributed by atoms with Crippen molar-refractivity contribution in [3.63, 3.8) is 0 Å². The Bertz CT molecular complexity index is 276. The molecule has 0 heteroatoms. The van der Waals surface area contributed by atoms with Gasteiger partial charge in [0, 0.05) is 0 Å². The van der Waals surface area contributed by atoms with Crippen LogP contribution in [0.25, 0.3) is 0 Å². The second-order valence-electron chi connectivity index (χ2n) is 3.80. The summed E-state index contributed by atoms with van der Waals surface area (Å²) in [5.74, 6) is 0.738.